The highest BCUT2D eigenvalue weighted by molar-refractivity contribution is 5.93. The molecule has 28 heavy (non-hydrogen) atoms. The zero-order valence-corrected chi connectivity index (χ0v) is 16.4. The number of carbonyl (C=O) groups is 2. The molecule has 1 heterocycles. The summed E-state index contributed by atoms with van der Waals surface area (Å²) in [5, 5.41) is 16.4. The quantitative estimate of drug-likeness (QED) is 0.745. The maximum atomic E-state index is 12.5. The zero-order chi connectivity index (χ0) is 20.3. The summed E-state index contributed by atoms with van der Waals surface area (Å²) in [7, 11) is 0. The lowest BCUT2D eigenvalue weighted by molar-refractivity contribution is -0.125. The van der Waals surface area contributed by atoms with E-state index in [1.54, 1.807) is 25.5 Å². The van der Waals surface area contributed by atoms with Crippen molar-refractivity contribution in [2.75, 3.05) is 6.61 Å². The normalized spacial score (nSPS) is 15.4. The van der Waals surface area contributed by atoms with Gasteiger partial charge in [0.05, 0.1) is 24.0 Å². The second-order valence-corrected chi connectivity index (χ2v) is 7.40. The van der Waals surface area contributed by atoms with Crippen LogP contribution in [0, 0.1) is 31.1 Å². The highest BCUT2D eigenvalue weighted by atomic mass is 16.5. The molecule has 1 amide bonds. The molecule has 7 heteroatoms. The fourth-order valence-corrected chi connectivity index (χ4v) is 3.31. The molecule has 1 aromatic heterocycles. The monoisotopic (exact) mass is 380 g/mol. The Morgan fingerprint density at radius 1 is 1.32 bits per heavy atom. The summed E-state index contributed by atoms with van der Waals surface area (Å²) in [6, 6.07) is 12.0. The Labute approximate surface area is 164 Å². The van der Waals surface area contributed by atoms with E-state index in [0.29, 0.717) is 23.5 Å². The van der Waals surface area contributed by atoms with Gasteiger partial charge in [-0.1, -0.05) is 30.3 Å². The fourth-order valence-electron chi connectivity index (χ4n) is 3.31. The Bertz CT molecular complexity index is 925. The lowest BCUT2D eigenvalue weighted by atomic mass is 9.98. The first-order valence-electron chi connectivity index (χ1n) is 9.31. The van der Waals surface area contributed by atoms with Crippen LogP contribution in [0.4, 0.5) is 0 Å². The molecular formula is C21H24N4O3. The molecule has 0 spiro atoms. The first-order chi connectivity index (χ1) is 13.3. The standard InChI is InChI=1S/C21H24N4O3/c1-14-19(15(2)25(24-14)11-16-7-5-4-6-8-16)20(27)28-12-18(26)23-21(3,13-22)17-9-10-17/h4-8,17H,9-12H2,1-3H3,(H,23,26)/t21-/m1/s1. The van der Waals surface area contributed by atoms with Crippen LogP contribution in [0.25, 0.3) is 0 Å². The van der Waals surface area contributed by atoms with Crippen molar-refractivity contribution in [3.63, 3.8) is 0 Å². The number of rotatable bonds is 7. The number of aromatic nitrogens is 2. The van der Waals surface area contributed by atoms with E-state index < -0.39 is 24.0 Å². The largest absolute Gasteiger partial charge is 0.452 e. The molecule has 1 aromatic carbocycles. The second kappa shape index (κ2) is 7.85. The van der Waals surface area contributed by atoms with E-state index in [9.17, 15) is 14.9 Å². The van der Waals surface area contributed by atoms with Gasteiger partial charge < -0.3 is 10.1 Å². The summed E-state index contributed by atoms with van der Waals surface area (Å²) in [5.74, 6) is -0.899. The van der Waals surface area contributed by atoms with E-state index in [2.05, 4.69) is 16.5 Å². The number of nitriles is 1. The smallest absolute Gasteiger partial charge is 0.342 e. The minimum Gasteiger partial charge on any atom is -0.452 e. The Balaban J connectivity index is 1.63. The minimum absolute atomic E-state index is 0.165. The van der Waals surface area contributed by atoms with Crippen molar-refractivity contribution in [3.8, 4) is 6.07 Å². The molecule has 0 unspecified atom stereocenters. The molecule has 0 bridgehead atoms. The maximum Gasteiger partial charge on any atom is 0.342 e. The first kappa shape index (κ1) is 19.6. The second-order valence-electron chi connectivity index (χ2n) is 7.40. The van der Waals surface area contributed by atoms with Crippen LogP contribution >= 0.6 is 0 Å². The average molecular weight is 380 g/mol. The summed E-state index contributed by atoms with van der Waals surface area (Å²) in [6.45, 7) is 5.37. The number of esters is 1. The average Bonchev–Trinajstić information content (AvgIpc) is 3.49. The van der Waals surface area contributed by atoms with Crippen LogP contribution in [-0.2, 0) is 16.1 Å². The Morgan fingerprint density at radius 3 is 2.61 bits per heavy atom. The molecule has 0 radical (unpaired) electrons. The molecule has 0 saturated heterocycles. The Morgan fingerprint density at radius 2 is 2.00 bits per heavy atom. The molecule has 3 rings (SSSR count). The van der Waals surface area contributed by atoms with E-state index in [-0.39, 0.29) is 5.92 Å². The van der Waals surface area contributed by atoms with Gasteiger partial charge in [0.1, 0.15) is 11.1 Å². The highest BCUT2D eigenvalue weighted by Crippen LogP contribution is 2.39. The van der Waals surface area contributed by atoms with Crippen molar-refractivity contribution in [1.29, 1.82) is 5.26 Å². The zero-order valence-electron chi connectivity index (χ0n) is 16.4. The van der Waals surface area contributed by atoms with Crippen molar-refractivity contribution in [1.82, 2.24) is 15.1 Å². The van der Waals surface area contributed by atoms with Crippen LogP contribution in [-0.4, -0.2) is 33.8 Å². The maximum absolute atomic E-state index is 12.5. The Hall–Kier alpha value is -3.14. The van der Waals surface area contributed by atoms with Gasteiger partial charge in [-0.3, -0.25) is 9.48 Å². The van der Waals surface area contributed by atoms with Crippen LogP contribution in [0.3, 0.4) is 0 Å². The first-order valence-corrected chi connectivity index (χ1v) is 9.31. The molecule has 146 valence electrons. The van der Waals surface area contributed by atoms with Crippen molar-refractivity contribution < 1.29 is 14.3 Å². The summed E-state index contributed by atoms with van der Waals surface area (Å²) in [6.07, 6.45) is 1.84. The third-order valence-corrected chi connectivity index (χ3v) is 5.12. The van der Waals surface area contributed by atoms with E-state index in [0.717, 1.165) is 18.4 Å². The molecule has 1 saturated carbocycles. The summed E-state index contributed by atoms with van der Waals surface area (Å²) < 4.78 is 6.94. The van der Waals surface area contributed by atoms with Gasteiger partial charge in [0.2, 0.25) is 0 Å². The molecule has 1 atom stereocenters. The number of carbonyl (C=O) groups excluding carboxylic acids is 2. The molecule has 1 N–H and O–H groups in total. The summed E-state index contributed by atoms with van der Waals surface area (Å²) in [5.41, 5.74) is 1.78. The predicted molar refractivity (Wildman–Crippen MR) is 102 cm³/mol. The van der Waals surface area contributed by atoms with Crippen LogP contribution in [0.2, 0.25) is 0 Å². The highest BCUT2D eigenvalue weighted by Gasteiger charge is 2.43. The lowest BCUT2D eigenvalue weighted by Gasteiger charge is -2.22. The molecule has 1 aliphatic carbocycles. The molecule has 7 nitrogen and oxygen atoms in total. The van der Waals surface area contributed by atoms with E-state index in [4.69, 9.17) is 4.74 Å². The molecular weight excluding hydrogens is 356 g/mol. The number of amides is 1. The topological polar surface area (TPSA) is 97.0 Å². The number of ether oxygens (including phenoxy) is 1. The van der Waals surface area contributed by atoms with Crippen LogP contribution in [0.1, 0.15) is 47.1 Å². The van der Waals surface area contributed by atoms with Gasteiger partial charge in [-0.2, -0.15) is 10.4 Å². The minimum atomic E-state index is -0.907. The number of nitrogens with zero attached hydrogens (tertiary/aromatic N) is 3. The van der Waals surface area contributed by atoms with Gasteiger partial charge in [-0.15, -0.1) is 0 Å². The van der Waals surface area contributed by atoms with Gasteiger partial charge in [-0.25, -0.2) is 4.79 Å². The number of hydrogen-bond donors (Lipinski definition) is 1. The lowest BCUT2D eigenvalue weighted by Crippen LogP contribution is -2.48. The fraction of sp³-hybridized carbons (Fsp3) is 0.429. The molecule has 1 fully saturated rings. The third kappa shape index (κ3) is 4.22. The van der Waals surface area contributed by atoms with Crippen molar-refractivity contribution in [2.45, 2.75) is 45.7 Å². The number of hydrogen-bond acceptors (Lipinski definition) is 5. The van der Waals surface area contributed by atoms with Crippen LogP contribution in [0.5, 0.6) is 0 Å². The molecule has 2 aromatic rings. The molecule has 0 aliphatic heterocycles. The van der Waals surface area contributed by atoms with Crippen molar-refractivity contribution in [3.05, 3.63) is 52.8 Å². The van der Waals surface area contributed by atoms with Gasteiger partial charge in [0.25, 0.3) is 5.91 Å². The predicted octanol–water partition coefficient (Wildman–Crippen LogP) is 2.51. The third-order valence-electron chi connectivity index (χ3n) is 5.12. The van der Waals surface area contributed by atoms with Crippen LogP contribution < -0.4 is 5.32 Å². The van der Waals surface area contributed by atoms with Gasteiger partial charge >= 0.3 is 5.97 Å². The van der Waals surface area contributed by atoms with Crippen LogP contribution in [0.15, 0.2) is 30.3 Å². The molecule has 1 aliphatic rings. The number of aryl methyl sites for hydroxylation is 1. The van der Waals surface area contributed by atoms with Crippen molar-refractivity contribution in [2.24, 2.45) is 5.92 Å². The van der Waals surface area contributed by atoms with E-state index in [1.165, 1.54) is 0 Å². The Kier molecular flexibility index (Phi) is 5.50. The summed E-state index contributed by atoms with van der Waals surface area (Å²) in [4.78, 5) is 24.7. The van der Waals surface area contributed by atoms with E-state index >= 15 is 0 Å². The van der Waals surface area contributed by atoms with E-state index in [1.807, 2.05) is 30.3 Å². The van der Waals surface area contributed by atoms with Crippen molar-refractivity contribution >= 4 is 11.9 Å². The van der Waals surface area contributed by atoms with Gasteiger partial charge in [0.15, 0.2) is 6.61 Å². The number of benzene rings is 1. The number of nitrogens with one attached hydrogen (secondary N) is 1. The summed E-state index contributed by atoms with van der Waals surface area (Å²) >= 11 is 0. The SMILES string of the molecule is Cc1nn(Cc2ccccc2)c(C)c1C(=O)OCC(=O)N[C@](C)(C#N)C1CC1. The van der Waals surface area contributed by atoms with Gasteiger partial charge in [0, 0.05) is 0 Å². The van der Waals surface area contributed by atoms with Gasteiger partial charge in [-0.05, 0) is 45.1 Å².